The van der Waals surface area contributed by atoms with Gasteiger partial charge in [0.05, 0.1) is 12.6 Å². The summed E-state index contributed by atoms with van der Waals surface area (Å²) in [6, 6.07) is 6.52. The van der Waals surface area contributed by atoms with E-state index in [1.165, 1.54) is 32.1 Å². The molecule has 4 N–H and O–H groups in total. The number of hydrogen-bond donors (Lipinski definition) is 3. The van der Waals surface area contributed by atoms with Crippen LogP contribution in [0.1, 0.15) is 39.0 Å². The molecule has 148 valence electrons. The van der Waals surface area contributed by atoms with Crippen LogP contribution in [0.4, 0.5) is 11.4 Å². The molecule has 0 aromatic heterocycles. The van der Waals surface area contributed by atoms with Crippen LogP contribution in [0.2, 0.25) is 0 Å². The number of anilines is 2. The van der Waals surface area contributed by atoms with Gasteiger partial charge in [0.1, 0.15) is 0 Å². The average molecular weight is 405 g/mol. The van der Waals surface area contributed by atoms with Crippen LogP contribution >= 0.6 is 24.8 Å². The Morgan fingerprint density at radius 1 is 0.962 bits per heavy atom. The molecule has 8 heteroatoms. The maximum absolute atomic E-state index is 12.2. The zero-order valence-electron chi connectivity index (χ0n) is 15.2. The van der Waals surface area contributed by atoms with Crippen molar-refractivity contribution in [2.45, 2.75) is 45.1 Å². The Morgan fingerprint density at radius 2 is 1.42 bits per heavy atom. The van der Waals surface area contributed by atoms with Gasteiger partial charge in [-0.3, -0.25) is 14.5 Å². The van der Waals surface area contributed by atoms with Gasteiger partial charge in [-0.1, -0.05) is 19.3 Å². The summed E-state index contributed by atoms with van der Waals surface area (Å²) in [4.78, 5) is 26.0. The van der Waals surface area contributed by atoms with Crippen molar-refractivity contribution in [1.29, 1.82) is 0 Å². The quantitative estimate of drug-likeness (QED) is 0.703. The van der Waals surface area contributed by atoms with E-state index in [-0.39, 0.29) is 36.6 Å². The van der Waals surface area contributed by atoms with Crippen LogP contribution in [0.25, 0.3) is 0 Å². The molecule has 1 saturated heterocycles. The largest absolute Gasteiger partial charge is 0.325 e. The van der Waals surface area contributed by atoms with Gasteiger partial charge in [0.15, 0.2) is 0 Å². The highest BCUT2D eigenvalue weighted by atomic mass is 35.5. The van der Waals surface area contributed by atoms with E-state index in [1.807, 2.05) is 0 Å². The molecular formula is C18H30Cl2N4O2. The summed E-state index contributed by atoms with van der Waals surface area (Å²) in [5, 5.41) is 5.63. The molecule has 1 aromatic carbocycles. The maximum atomic E-state index is 12.2. The van der Waals surface area contributed by atoms with Gasteiger partial charge in [-0.2, -0.15) is 0 Å². The Morgan fingerprint density at radius 3 is 1.92 bits per heavy atom. The summed E-state index contributed by atoms with van der Waals surface area (Å²) >= 11 is 0. The minimum Gasteiger partial charge on any atom is -0.325 e. The number of hydrogen-bond acceptors (Lipinski definition) is 4. The third-order valence-electron chi connectivity index (χ3n) is 4.17. The Hall–Kier alpha value is -1.34. The van der Waals surface area contributed by atoms with Crippen LogP contribution < -0.4 is 16.4 Å². The van der Waals surface area contributed by atoms with Crippen molar-refractivity contribution in [2.75, 3.05) is 30.3 Å². The van der Waals surface area contributed by atoms with Gasteiger partial charge in [-0.05, 0) is 57.1 Å². The highest BCUT2D eigenvalue weighted by Crippen LogP contribution is 2.14. The van der Waals surface area contributed by atoms with Crippen molar-refractivity contribution >= 4 is 48.0 Å². The number of amides is 2. The predicted octanol–water partition coefficient (Wildman–Crippen LogP) is 3.02. The fourth-order valence-electron chi connectivity index (χ4n) is 2.77. The van der Waals surface area contributed by atoms with Crippen molar-refractivity contribution in [2.24, 2.45) is 5.73 Å². The second kappa shape index (κ2) is 12.9. The maximum Gasteiger partial charge on any atom is 0.240 e. The molecule has 0 spiro atoms. The molecule has 1 aromatic rings. The van der Waals surface area contributed by atoms with Gasteiger partial charge in [0.25, 0.3) is 0 Å². The molecule has 1 heterocycles. The number of benzene rings is 1. The lowest BCUT2D eigenvalue weighted by molar-refractivity contribution is -0.118. The van der Waals surface area contributed by atoms with Gasteiger partial charge in [0, 0.05) is 11.4 Å². The van der Waals surface area contributed by atoms with E-state index in [9.17, 15) is 9.59 Å². The monoisotopic (exact) mass is 404 g/mol. The van der Waals surface area contributed by atoms with E-state index in [4.69, 9.17) is 5.73 Å². The number of likely N-dealkylation sites (tertiary alicyclic amines) is 1. The third kappa shape index (κ3) is 8.85. The molecule has 26 heavy (non-hydrogen) atoms. The Bertz CT molecular complexity index is 545. The summed E-state index contributed by atoms with van der Waals surface area (Å²) in [5.41, 5.74) is 6.91. The van der Waals surface area contributed by atoms with Crippen molar-refractivity contribution < 1.29 is 9.59 Å². The van der Waals surface area contributed by atoms with Crippen LogP contribution in [0.3, 0.4) is 0 Å². The highest BCUT2D eigenvalue weighted by molar-refractivity contribution is 5.95. The van der Waals surface area contributed by atoms with E-state index in [2.05, 4.69) is 15.5 Å². The molecule has 0 radical (unpaired) electrons. The first-order valence-electron chi connectivity index (χ1n) is 8.73. The van der Waals surface area contributed by atoms with E-state index in [0.717, 1.165) is 18.8 Å². The topological polar surface area (TPSA) is 87.5 Å². The molecule has 2 amide bonds. The first-order valence-corrected chi connectivity index (χ1v) is 8.73. The number of carbonyl (C=O) groups is 2. The lowest BCUT2D eigenvalue weighted by atomic mass is 10.1. The lowest BCUT2D eigenvalue weighted by Gasteiger charge is -2.23. The van der Waals surface area contributed by atoms with Gasteiger partial charge in [-0.25, -0.2) is 0 Å². The van der Waals surface area contributed by atoms with Crippen molar-refractivity contribution in [1.82, 2.24) is 4.90 Å². The molecule has 2 rings (SSSR count). The highest BCUT2D eigenvalue weighted by Gasteiger charge is 2.12. The van der Waals surface area contributed by atoms with Crippen molar-refractivity contribution in [3.05, 3.63) is 24.3 Å². The predicted molar refractivity (Wildman–Crippen MR) is 111 cm³/mol. The first-order chi connectivity index (χ1) is 11.5. The standard InChI is InChI=1S/C18H28N4O2.2ClH/c1-14(19)18(24)21-16-9-7-15(8-10-16)20-17(23)13-22-11-5-3-2-4-6-12-22;;/h7-10,14H,2-6,11-13,19H2,1H3,(H,20,23)(H,21,24);2*1H/t14-;;/m1../s1. The average Bonchev–Trinajstić information content (AvgIpc) is 2.51. The number of rotatable bonds is 5. The second-order valence-corrected chi connectivity index (χ2v) is 6.45. The Balaban J connectivity index is 0.00000312. The fraction of sp³-hybridized carbons (Fsp3) is 0.556. The van der Waals surface area contributed by atoms with Crippen LogP contribution in [0.15, 0.2) is 24.3 Å². The van der Waals surface area contributed by atoms with E-state index in [1.54, 1.807) is 31.2 Å². The molecule has 0 bridgehead atoms. The summed E-state index contributed by atoms with van der Waals surface area (Å²) in [6.45, 7) is 4.06. The van der Waals surface area contributed by atoms with Gasteiger partial charge < -0.3 is 16.4 Å². The molecular weight excluding hydrogens is 375 g/mol. The molecule has 0 aliphatic carbocycles. The zero-order chi connectivity index (χ0) is 17.4. The van der Waals surface area contributed by atoms with E-state index in [0.29, 0.717) is 12.2 Å². The van der Waals surface area contributed by atoms with Gasteiger partial charge in [0.2, 0.25) is 11.8 Å². The van der Waals surface area contributed by atoms with Crippen LogP contribution in [0.5, 0.6) is 0 Å². The molecule has 6 nitrogen and oxygen atoms in total. The van der Waals surface area contributed by atoms with Crippen molar-refractivity contribution in [3.8, 4) is 0 Å². The van der Waals surface area contributed by atoms with Crippen LogP contribution in [-0.2, 0) is 9.59 Å². The third-order valence-corrected chi connectivity index (χ3v) is 4.17. The summed E-state index contributed by atoms with van der Waals surface area (Å²) in [7, 11) is 0. The van der Waals surface area contributed by atoms with Crippen molar-refractivity contribution in [3.63, 3.8) is 0 Å². The normalized spacial score (nSPS) is 16.1. The number of nitrogens with zero attached hydrogens (tertiary/aromatic N) is 1. The fourth-order valence-corrected chi connectivity index (χ4v) is 2.77. The summed E-state index contributed by atoms with van der Waals surface area (Å²) in [5.74, 6) is -0.230. The number of nitrogens with two attached hydrogens (primary N) is 1. The molecule has 0 saturated carbocycles. The number of halogens is 2. The van der Waals surface area contributed by atoms with E-state index >= 15 is 0 Å². The summed E-state index contributed by atoms with van der Waals surface area (Å²) < 4.78 is 0. The lowest BCUT2D eigenvalue weighted by Crippen LogP contribution is -2.35. The minimum absolute atomic E-state index is 0. The number of nitrogens with one attached hydrogen (secondary N) is 2. The smallest absolute Gasteiger partial charge is 0.240 e. The summed E-state index contributed by atoms with van der Waals surface area (Å²) in [6.07, 6.45) is 6.16. The zero-order valence-corrected chi connectivity index (χ0v) is 16.8. The molecule has 1 fully saturated rings. The Labute approximate surface area is 168 Å². The first kappa shape index (κ1) is 24.7. The van der Waals surface area contributed by atoms with Gasteiger partial charge in [-0.15, -0.1) is 24.8 Å². The van der Waals surface area contributed by atoms with Crippen LogP contribution in [0, 0.1) is 0 Å². The van der Waals surface area contributed by atoms with Gasteiger partial charge >= 0.3 is 0 Å². The number of carbonyl (C=O) groups excluding carboxylic acids is 2. The second-order valence-electron chi connectivity index (χ2n) is 6.45. The Kier molecular flexibility index (Phi) is 12.3. The molecule has 1 aliphatic rings. The molecule has 1 aliphatic heterocycles. The SMILES string of the molecule is C[C@@H](N)C(=O)Nc1ccc(NC(=O)CN2CCCCCCC2)cc1.Cl.Cl. The van der Waals surface area contributed by atoms with Crippen LogP contribution in [-0.4, -0.2) is 42.4 Å². The molecule has 1 atom stereocenters. The van der Waals surface area contributed by atoms with E-state index < -0.39 is 6.04 Å². The molecule has 0 unspecified atom stereocenters. The minimum atomic E-state index is -0.554.